The Morgan fingerprint density at radius 2 is 1.75 bits per heavy atom. The highest BCUT2D eigenvalue weighted by Crippen LogP contribution is 2.03. The second-order valence-electron chi connectivity index (χ2n) is 2.40. The largest absolute Gasteiger partial charge is 0.392 e. The molecule has 1 aromatic rings. The van der Waals surface area contributed by atoms with Crippen LogP contribution in [0.15, 0.2) is 30.3 Å². The number of aliphatic hydroxyl groups is 1. The van der Waals surface area contributed by atoms with Gasteiger partial charge in [0, 0.05) is 6.21 Å². The molecule has 2 nitrogen and oxygen atoms in total. The predicted octanol–water partition coefficient (Wildman–Crippen LogP) is 1.69. The van der Waals surface area contributed by atoms with Crippen LogP contribution in [0, 0.1) is 5.41 Å². The number of hydrogen-bond acceptors (Lipinski definition) is 2. The van der Waals surface area contributed by atoms with Gasteiger partial charge in [0.05, 0.1) is 6.61 Å². The third-order valence-corrected chi connectivity index (χ3v) is 1.52. The molecular formula is C10H11NO. The minimum atomic E-state index is 0.0618. The van der Waals surface area contributed by atoms with Crippen molar-refractivity contribution in [3.63, 3.8) is 0 Å². The first kappa shape index (κ1) is 8.68. The zero-order valence-corrected chi connectivity index (χ0v) is 6.70. The van der Waals surface area contributed by atoms with Crippen LogP contribution >= 0.6 is 0 Å². The summed E-state index contributed by atoms with van der Waals surface area (Å²) in [5.74, 6) is 0. The van der Waals surface area contributed by atoms with E-state index in [0.29, 0.717) is 0 Å². The van der Waals surface area contributed by atoms with E-state index in [1.165, 1.54) is 6.21 Å². The lowest BCUT2D eigenvalue weighted by Gasteiger charge is -1.93. The van der Waals surface area contributed by atoms with Crippen LogP contribution in [0.3, 0.4) is 0 Å². The van der Waals surface area contributed by atoms with Crippen molar-refractivity contribution in [2.45, 2.75) is 0 Å². The molecule has 0 saturated heterocycles. The van der Waals surface area contributed by atoms with E-state index in [4.69, 9.17) is 10.5 Å². The molecule has 1 rings (SSSR count). The smallest absolute Gasteiger partial charge is 0.0615 e. The van der Waals surface area contributed by atoms with E-state index >= 15 is 0 Å². The first-order valence-corrected chi connectivity index (χ1v) is 3.75. The van der Waals surface area contributed by atoms with E-state index in [0.717, 1.165) is 11.1 Å². The number of benzene rings is 1. The molecule has 2 N–H and O–H groups in total. The van der Waals surface area contributed by atoms with Gasteiger partial charge in [-0.1, -0.05) is 36.4 Å². The van der Waals surface area contributed by atoms with Gasteiger partial charge in [-0.25, -0.2) is 0 Å². The molecule has 2 heteroatoms. The lowest BCUT2D eigenvalue weighted by molar-refractivity contribution is 0.343. The highest BCUT2D eigenvalue weighted by atomic mass is 16.2. The van der Waals surface area contributed by atoms with E-state index in [-0.39, 0.29) is 6.61 Å². The summed E-state index contributed by atoms with van der Waals surface area (Å²) < 4.78 is 0. The SMILES string of the molecule is N=Cc1ccc(/C=C/CO)cc1. The third kappa shape index (κ3) is 2.32. The van der Waals surface area contributed by atoms with Gasteiger partial charge in [0.15, 0.2) is 0 Å². The second-order valence-corrected chi connectivity index (χ2v) is 2.40. The van der Waals surface area contributed by atoms with Gasteiger partial charge in [0.1, 0.15) is 0 Å². The fourth-order valence-corrected chi connectivity index (χ4v) is 0.892. The Bertz CT molecular complexity index is 274. The van der Waals surface area contributed by atoms with Crippen LogP contribution in [0.4, 0.5) is 0 Å². The molecule has 0 atom stereocenters. The van der Waals surface area contributed by atoms with E-state index in [9.17, 15) is 0 Å². The molecule has 0 spiro atoms. The van der Waals surface area contributed by atoms with Gasteiger partial charge in [-0.2, -0.15) is 0 Å². The lowest BCUT2D eigenvalue weighted by Crippen LogP contribution is -1.79. The monoisotopic (exact) mass is 161 g/mol. The number of hydrogen-bond donors (Lipinski definition) is 2. The van der Waals surface area contributed by atoms with Gasteiger partial charge in [-0.05, 0) is 11.1 Å². The van der Waals surface area contributed by atoms with Crippen LogP contribution in [0.2, 0.25) is 0 Å². The summed E-state index contributed by atoms with van der Waals surface area (Å²) in [7, 11) is 0. The van der Waals surface area contributed by atoms with Crippen molar-refractivity contribution >= 4 is 12.3 Å². The van der Waals surface area contributed by atoms with Crippen molar-refractivity contribution in [3.8, 4) is 0 Å². The average Bonchev–Trinajstić information content (AvgIpc) is 2.15. The van der Waals surface area contributed by atoms with Crippen LogP contribution in [-0.2, 0) is 0 Å². The van der Waals surface area contributed by atoms with Crippen molar-refractivity contribution in [1.29, 1.82) is 5.41 Å². The lowest BCUT2D eigenvalue weighted by atomic mass is 10.1. The summed E-state index contributed by atoms with van der Waals surface area (Å²) >= 11 is 0. The van der Waals surface area contributed by atoms with Crippen molar-refractivity contribution < 1.29 is 5.11 Å². The predicted molar refractivity (Wildman–Crippen MR) is 50.4 cm³/mol. The summed E-state index contributed by atoms with van der Waals surface area (Å²) in [5, 5.41) is 15.5. The molecule has 0 unspecified atom stereocenters. The summed E-state index contributed by atoms with van der Waals surface area (Å²) in [5.41, 5.74) is 1.92. The Kier molecular flexibility index (Phi) is 3.23. The highest BCUT2D eigenvalue weighted by Gasteiger charge is 1.86. The van der Waals surface area contributed by atoms with Crippen LogP contribution in [0.5, 0.6) is 0 Å². The van der Waals surface area contributed by atoms with Gasteiger partial charge >= 0.3 is 0 Å². The first-order valence-electron chi connectivity index (χ1n) is 3.75. The maximum atomic E-state index is 8.51. The molecule has 1 aromatic carbocycles. The van der Waals surface area contributed by atoms with Gasteiger partial charge in [0.25, 0.3) is 0 Å². The Hall–Kier alpha value is -1.41. The average molecular weight is 161 g/mol. The Morgan fingerprint density at radius 1 is 1.17 bits per heavy atom. The molecule has 0 saturated carbocycles. The van der Waals surface area contributed by atoms with E-state index in [2.05, 4.69) is 0 Å². The van der Waals surface area contributed by atoms with Gasteiger partial charge in [-0.3, -0.25) is 0 Å². The molecule has 62 valence electrons. The molecule has 0 radical (unpaired) electrons. The molecule has 0 aliphatic rings. The van der Waals surface area contributed by atoms with E-state index in [1.807, 2.05) is 30.3 Å². The van der Waals surface area contributed by atoms with Crippen LogP contribution < -0.4 is 0 Å². The molecule has 0 bridgehead atoms. The maximum Gasteiger partial charge on any atom is 0.0615 e. The van der Waals surface area contributed by atoms with Crippen LogP contribution in [0.1, 0.15) is 11.1 Å². The number of nitrogens with one attached hydrogen (secondary N) is 1. The van der Waals surface area contributed by atoms with Gasteiger partial charge in [0.2, 0.25) is 0 Å². The standard InChI is InChI=1S/C10H11NO/c11-8-10-5-3-9(4-6-10)2-1-7-12/h1-6,8,11-12H,7H2/b2-1+,11-8?. The summed E-state index contributed by atoms with van der Waals surface area (Å²) in [6, 6.07) is 7.55. The summed E-state index contributed by atoms with van der Waals surface area (Å²) in [6.45, 7) is 0.0618. The van der Waals surface area contributed by atoms with Gasteiger partial charge < -0.3 is 10.5 Å². The zero-order chi connectivity index (χ0) is 8.81. The maximum absolute atomic E-state index is 8.51. The second kappa shape index (κ2) is 4.46. The summed E-state index contributed by atoms with van der Waals surface area (Å²) in [4.78, 5) is 0. The van der Waals surface area contributed by atoms with Crippen molar-refractivity contribution in [3.05, 3.63) is 41.5 Å². The fraction of sp³-hybridized carbons (Fsp3) is 0.100. The Labute approximate surface area is 71.7 Å². The first-order chi connectivity index (χ1) is 5.86. The van der Waals surface area contributed by atoms with E-state index < -0.39 is 0 Å². The fourth-order valence-electron chi connectivity index (χ4n) is 0.892. The van der Waals surface area contributed by atoms with Crippen molar-refractivity contribution in [2.24, 2.45) is 0 Å². The van der Waals surface area contributed by atoms with Crippen molar-refractivity contribution in [1.82, 2.24) is 0 Å². The highest BCUT2D eigenvalue weighted by molar-refractivity contribution is 5.77. The number of rotatable bonds is 3. The van der Waals surface area contributed by atoms with Gasteiger partial charge in [-0.15, -0.1) is 0 Å². The molecular weight excluding hydrogens is 150 g/mol. The molecule has 0 aromatic heterocycles. The molecule has 0 aliphatic heterocycles. The molecule has 0 heterocycles. The minimum Gasteiger partial charge on any atom is -0.392 e. The Morgan fingerprint density at radius 3 is 2.25 bits per heavy atom. The van der Waals surface area contributed by atoms with Crippen LogP contribution in [0.25, 0.3) is 6.08 Å². The minimum absolute atomic E-state index is 0.0618. The topological polar surface area (TPSA) is 44.1 Å². The number of aliphatic hydroxyl groups excluding tert-OH is 1. The normalized spacial score (nSPS) is 10.4. The zero-order valence-electron chi connectivity index (χ0n) is 6.70. The van der Waals surface area contributed by atoms with Crippen molar-refractivity contribution in [2.75, 3.05) is 6.61 Å². The van der Waals surface area contributed by atoms with E-state index in [1.54, 1.807) is 6.08 Å². The molecule has 12 heavy (non-hydrogen) atoms. The molecule has 0 fully saturated rings. The van der Waals surface area contributed by atoms with Crippen LogP contribution in [-0.4, -0.2) is 17.9 Å². The Balaban J connectivity index is 2.77. The molecule has 0 amide bonds. The molecule has 0 aliphatic carbocycles. The quantitative estimate of drug-likeness (QED) is 0.651. The third-order valence-electron chi connectivity index (χ3n) is 1.52. The summed E-state index contributed by atoms with van der Waals surface area (Å²) in [6.07, 6.45) is 4.83.